The summed E-state index contributed by atoms with van der Waals surface area (Å²) in [5.74, 6) is 1.76. The molecule has 7 nitrogen and oxygen atoms in total. The molecule has 0 atom stereocenters. The molecule has 1 N–H and O–H groups in total. The van der Waals surface area contributed by atoms with Crippen LogP contribution in [0.15, 0.2) is 36.5 Å². The standard InChI is InChI=1S/C22H29N3O4/c1-27-19-12-17(13-20(28-2)21(19)29-3)22(26)24-14-16-7-10-25(11-8-16)15-18-6-4-5-9-23-18/h4-6,9,12-13,16H,7-8,10-11,14-15H2,1-3H3,(H,24,26). The van der Waals surface area contributed by atoms with E-state index in [9.17, 15) is 4.79 Å². The molecule has 29 heavy (non-hydrogen) atoms. The third kappa shape index (κ3) is 5.38. The van der Waals surface area contributed by atoms with Crippen molar-refractivity contribution in [1.29, 1.82) is 0 Å². The fourth-order valence-electron chi connectivity index (χ4n) is 3.62. The normalized spacial score (nSPS) is 15.0. The van der Waals surface area contributed by atoms with E-state index in [0.29, 0.717) is 35.3 Å². The number of rotatable bonds is 8. The van der Waals surface area contributed by atoms with Crippen LogP contribution in [0, 0.1) is 5.92 Å². The first kappa shape index (κ1) is 20.9. The molecule has 7 heteroatoms. The van der Waals surface area contributed by atoms with Gasteiger partial charge in [-0.05, 0) is 56.1 Å². The molecule has 1 aliphatic rings. The van der Waals surface area contributed by atoms with E-state index in [2.05, 4.69) is 21.3 Å². The average molecular weight is 399 g/mol. The van der Waals surface area contributed by atoms with Gasteiger partial charge in [0.1, 0.15) is 0 Å². The first-order valence-electron chi connectivity index (χ1n) is 9.85. The predicted molar refractivity (Wildman–Crippen MR) is 111 cm³/mol. The topological polar surface area (TPSA) is 72.9 Å². The fourth-order valence-corrected chi connectivity index (χ4v) is 3.62. The molecule has 0 spiro atoms. The lowest BCUT2D eigenvalue weighted by Gasteiger charge is -2.31. The smallest absolute Gasteiger partial charge is 0.251 e. The maximum Gasteiger partial charge on any atom is 0.251 e. The maximum absolute atomic E-state index is 12.6. The lowest BCUT2D eigenvalue weighted by molar-refractivity contribution is 0.0934. The Kier molecular flexibility index (Phi) is 7.30. The second kappa shape index (κ2) is 10.1. The molecule has 1 saturated heterocycles. The summed E-state index contributed by atoms with van der Waals surface area (Å²) in [6.07, 6.45) is 3.95. The Labute approximate surface area is 172 Å². The van der Waals surface area contributed by atoms with Gasteiger partial charge in [0.05, 0.1) is 27.0 Å². The van der Waals surface area contributed by atoms with Crippen LogP contribution in [0.1, 0.15) is 28.9 Å². The number of nitrogens with zero attached hydrogens (tertiary/aromatic N) is 2. The van der Waals surface area contributed by atoms with E-state index in [0.717, 1.165) is 38.2 Å². The van der Waals surface area contributed by atoms with Crippen molar-refractivity contribution in [2.75, 3.05) is 41.0 Å². The van der Waals surface area contributed by atoms with Gasteiger partial charge >= 0.3 is 0 Å². The Bertz CT molecular complexity index is 780. The summed E-state index contributed by atoms with van der Waals surface area (Å²) in [7, 11) is 4.62. The van der Waals surface area contributed by atoms with E-state index in [4.69, 9.17) is 14.2 Å². The number of benzene rings is 1. The molecule has 3 rings (SSSR count). The Morgan fingerprint density at radius 2 is 1.79 bits per heavy atom. The van der Waals surface area contributed by atoms with Crippen LogP contribution in [0.25, 0.3) is 0 Å². The summed E-state index contributed by atoms with van der Waals surface area (Å²) >= 11 is 0. The number of pyridine rings is 1. The van der Waals surface area contributed by atoms with Crippen molar-refractivity contribution >= 4 is 5.91 Å². The molecule has 0 aliphatic carbocycles. The van der Waals surface area contributed by atoms with Crippen LogP contribution in [0.4, 0.5) is 0 Å². The second-order valence-corrected chi connectivity index (χ2v) is 7.16. The van der Waals surface area contributed by atoms with Gasteiger partial charge in [0.15, 0.2) is 11.5 Å². The van der Waals surface area contributed by atoms with Gasteiger partial charge in [0, 0.05) is 24.8 Å². The number of nitrogens with one attached hydrogen (secondary N) is 1. The van der Waals surface area contributed by atoms with Gasteiger partial charge in [-0.1, -0.05) is 6.07 Å². The second-order valence-electron chi connectivity index (χ2n) is 7.16. The number of hydrogen-bond acceptors (Lipinski definition) is 6. The van der Waals surface area contributed by atoms with Gasteiger partial charge in [-0.15, -0.1) is 0 Å². The highest BCUT2D eigenvalue weighted by molar-refractivity contribution is 5.95. The third-order valence-electron chi connectivity index (χ3n) is 5.30. The largest absolute Gasteiger partial charge is 0.493 e. The SMILES string of the molecule is COc1cc(C(=O)NCC2CCN(Cc3ccccn3)CC2)cc(OC)c1OC. The van der Waals surface area contributed by atoms with E-state index in [1.54, 1.807) is 19.2 Å². The summed E-state index contributed by atoms with van der Waals surface area (Å²) in [5.41, 5.74) is 1.59. The van der Waals surface area contributed by atoms with E-state index in [1.165, 1.54) is 14.2 Å². The molecule has 0 saturated carbocycles. The van der Waals surface area contributed by atoms with Crippen LogP contribution < -0.4 is 19.5 Å². The molecule has 1 aromatic carbocycles. The summed E-state index contributed by atoms with van der Waals surface area (Å²) in [6, 6.07) is 9.36. The molecule has 1 aromatic heterocycles. The number of piperidine rings is 1. The average Bonchev–Trinajstić information content (AvgIpc) is 2.78. The molecule has 0 bridgehead atoms. The highest BCUT2D eigenvalue weighted by Gasteiger charge is 2.21. The molecule has 1 aliphatic heterocycles. The molecule has 0 radical (unpaired) electrons. The minimum Gasteiger partial charge on any atom is -0.493 e. The van der Waals surface area contributed by atoms with E-state index < -0.39 is 0 Å². The van der Waals surface area contributed by atoms with Crippen LogP contribution >= 0.6 is 0 Å². The maximum atomic E-state index is 12.6. The van der Waals surface area contributed by atoms with Crippen molar-refractivity contribution in [2.45, 2.75) is 19.4 Å². The number of carbonyl (C=O) groups is 1. The van der Waals surface area contributed by atoms with Crippen molar-refractivity contribution in [2.24, 2.45) is 5.92 Å². The van der Waals surface area contributed by atoms with Crippen LogP contribution in [0.5, 0.6) is 17.2 Å². The van der Waals surface area contributed by atoms with Crippen LogP contribution in [-0.4, -0.2) is 56.8 Å². The molecule has 0 unspecified atom stereocenters. The summed E-state index contributed by atoms with van der Waals surface area (Å²) < 4.78 is 16.0. The molecule has 156 valence electrons. The van der Waals surface area contributed by atoms with Gasteiger partial charge in [0.25, 0.3) is 5.91 Å². The Morgan fingerprint density at radius 3 is 2.34 bits per heavy atom. The van der Waals surface area contributed by atoms with Crippen LogP contribution in [0.2, 0.25) is 0 Å². The van der Waals surface area contributed by atoms with Crippen molar-refractivity contribution < 1.29 is 19.0 Å². The van der Waals surface area contributed by atoms with E-state index in [-0.39, 0.29) is 5.91 Å². The third-order valence-corrected chi connectivity index (χ3v) is 5.30. The summed E-state index contributed by atoms with van der Waals surface area (Å²) in [6.45, 7) is 3.57. The van der Waals surface area contributed by atoms with E-state index in [1.807, 2.05) is 18.3 Å². The van der Waals surface area contributed by atoms with Gasteiger partial charge in [-0.25, -0.2) is 0 Å². The Morgan fingerprint density at radius 1 is 1.10 bits per heavy atom. The number of hydrogen-bond donors (Lipinski definition) is 1. The molecular weight excluding hydrogens is 370 g/mol. The van der Waals surface area contributed by atoms with Crippen LogP contribution in [0.3, 0.4) is 0 Å². The first-order valence-corrected chi connectivity index (χ1v) is 9.85. The van der Waals surface area contributed by atoms with Gasteiger partial charge in [-0.3, -0.25) is 14.7 Å². The zero-order valence-corrected chi connectivity index (χ0v) is 17.3. The zero-order chi connectivity index (χ0) is 20.6. The van der Waals surface area contributed by atoms with Crippen molar-refractivity contribution in [1.82, 2.24) is 15.2 Å². The molecule has 2 aromatic rings. The Balaban J connectivity index is 1.51. The van der Waals surface area contributed by atoms with Crippen LogP contribution in [-0.2, 0) is 6.54 Å². The monoisotopic (exact) mass is 399 g/mol. The first-order chi connectivity index (χ1) is 14.1. The number of aromatic nitrogens is 1. The van der Waals surface area contributed by atoms with Crippen molar-refractivity contribution in [3.63, 3.8) is 0 Å². The number of amides is 1. The predicted octanol–water partition coefficient (Wildman–Crippen LogP) is 2.75. The molecule has 1 fully saturated rings. The van der Waals surface area contributed by atoms with Crippen molar-refractivity contribution in [3.8, 4) is 17.2 Å². The summed E-state index contributed by atoms with van der Waals surface area (Å²) in [5, 5.41) is 3.05. The van der Waals surface area contributed by atoms with Gasteiger partial charge in [-0.2, -0.15) is 0 Å². The number of likely N-dealkylation sites (tertiary alicyclic amines) is 1. The lowest BCUT2D eigenvalue weighted by atomic mass is 9.96. The fraction of sp³-hybridized carbons (Fsp3) is 0.455. The van der Waals surface area contributed by atoms with Crippen molar-refractivity contribution in [3.05, 3.63) is 47.8 Å². The highest BCUT2D eigenvalue weighted by Crippen LogP contribution is 2.38. The molecular formula is C22H29N3O4. The molecule has 2 heterocycles. The van der Waals surface area contributed by atoms with Gasteiger partial charge in [0.2, 0.25) is 5.75 Å². The lowest BCUT2D eigenvalue weighted by Crippen LogP contribution is -2.38. The van der Waals surface area contributed by atoms with Gasteiger partial charge < -0.3 is 19.5 Å². The zero-order valence-electron chi connectivity index (χ0n) is 17.3. The Hall–Kier alpha value is -2.80. The number of carbonyl (C=O) groups excluding carboxylic acids is 1. The highest BCUT2D eigenvalue weighted by atomic mass is 16.5. The minimum absolute atomic E-state index is 0.139. The number of methoxy groups -OCH3 is 3. The quantitative estimate of drug-likeness (QED) is 0.736. The number of ether oxygens (including phenoxy) is 3. The molecule has 1 amide bonds. The summed E-state index contributed by atoms with van der Waals surface area (Å²) in [4.78, 5) is 19.5. The van der Waals surface area contributed by atoms with E-state index >= 15 is 0 Å². The minimum atomic E-state index is -0.139.